The van der Waals surface area contributed by atoms with Crippen molar-refractivity contribution in [2.45, 2.75) is 6.92 Å². The van der Waals surface area contributed by atoms with Crippen molar-refractivity contribution in [1.29, 1.82) is 0 Å². The zero-order chi connectivity index (χ0) is 20.5. The Balaban J connectivity index is 1.78. The van der Waals surface area contributed by atoms with Gasteiger partial charge in [-0.05, 0) is 47.9 Å². The fourth-order valence-corrected chi connectivity index (χ4v) is 4.39. The van der Waals surface area contributed by atoms with Crippen LogP contribution in [0.15, 0.2) is 66.0 Å². The molecule has 0 fully saturated rings. The number of aromatic carboxylic acids is 1. The lowest BCUT2D eigenvalue weighted by atomic mass is 9.94. The molecule has 29 heavy (non-hydrogen) atoms. The van der Waals surface area contributed by atoms with Crippen LogP contribution in [0, 0.1) is 6.92 Å². The number of benzene rings is 3. The van der Waals surface area contributed by atoms with E-state index >= 15 is 0 Å². The normalized spacial score (nSPS) is 10.9. The third-order valence-electron chi connectivity index (χ3n) is 4.64. The second-order valence-corrected chi connectivity index (χ2v) is 8.24. The molecule has 1 N–H and O–H groups in total. The minimum Gasteiger partial charge on any atom is -0.478 e. The average Bonchev–Trinajstić information content (AvgIpc) is 3.20. The van der Waals surface area contributed by atoms with Crippen molar-refractivity contribution in [2.24, 2.45) is 0 Å². The molecule has 0 saturated carbocycles. The molecule has 0 spiro atoms. The Labute approximate surface area is 182 Å². The third kappa shape index (κ3) is 3.92. The number of thiazole rings is 1. The van der Waals surface area contributed by atoms with E-state index in [1.165, 1.54) is 11.3 Å². The van der Waals surface area contributed by atoms with Crippen LogP contribution in [0.2, 0.25) is 10.0 Å². The molecule has 1 heterocycles. The van der Waals surface area contributed by atoms with Crippen molar-refractivity contribution < 1.29 is 9.90 Å². The summed E-state index contributed by atoms with van der Waals surface area (Å²) in [7, 11) is 0. The highest BCUT2D eigenvalue weighted by molar-refractivity contribution is 7.13. The molecule has 3 nitrogen and oxygen atoms in total. The summed E-state index contributed by atoms with van der Waals surface area (Å²) in [5.74, 6) is -0.972. The molecule has 0 aliphatic carbocycles. The molecule has 6 heteroatoms. The minimum atomic E-state index is -0.972. The number of aromatic nitrogens is 1. The second kappa shape index (κ2) is 7.99. The zero-order valence-corrected chi connectivity index (χ0v) is 17.6. The van der Waals surface area contributed by atoms with E-state index in [-0.39, 0.29) is 5.56 Å². The molecule has 4 aromatic rings. The quantitative estimate of drug-likeness (QED) is 0.358. The summed E-state index contributed by atoms with van der Waals surface area (Å²) in [6.07, 6.45) is 0. The Morgan fingerprint density at radius 2 is 1.76 bits per heavy atom. The summed E-state index contributed by atoms with van der Waals surface area (Å²) in [5.41, 5.74) is 5.06. The maximum absolute atomic E-state index is 11.9. The van der Waals surface area contributed by atoms with E-state index in [4.69, 9.17) is 23.2 Å². The highest BCUT2D eigenvalue weighted by Crippen LogP contribution is 2.36. The first-order valence-corrected chi connectivity index (χ1v) is 10.4. The lowest BCUT2D eigenvalue weighted by molar-refractivity contribution is 0.0698. The van der Waals surface area contributed by atoms with Crippen LogP contribution in [0.1, 0.15) is 15.9 Å². The molecule has 0 radical (unpaired) electrons. The predicted octanol–water partition coefficient (Wildman–Crippen LogP) is 7.46. The minimum absolute atomic E-state index is 0.245. The molecule has 0 atom stereocenters. The molecule has 4 rings (SSSR count). The van der Waals surface area contributed by atoms with Crippen LogP contribution in [0.25, 0.3) is 33.0 Å². The predicted molar refractivity (Wildman–Crippen MR) is 120 cm³/mol. The van der Waals surface area contributed by atoms with Crippen LogP contribution in [-0.4, -0.2) is 16.1 Å². The first-order valence-electron chi connectivity index (χ1n) is 8.78. The van der Waals surface area contributed by atoms with E-state index in [9.17, 15) is 9.90 Å². The average molecular weight is 440 g/mol. The fraction of sp³-hybridized carbons (Fsp3) is 0.0435. The molecule has 144 valence electrons. The van der Waals surface area contributed by atoms with Crippen LogP contribution in [0.4, 0.5) is 0 Å². The molecular formula is C23H15Cl2NO2S. The van der Waals surface area contributed by atoms with Crippen LogP contribution in [0.3, 0.4) is 0 Å². The molecule has 0 bridgehead atoms. The number of aryl methyl sites for hydroxylation is 1. The van der Waals surface area contributed by atoms with Gasteiger partial charge in [-0.1, -0.05) is 59.6 Å². The lowest BCUT2D eigenvalue weighted by Crippen LogP contribution is -2.01. The molecule has 1 aromatic heterocycles. The second-order valence-electron chi connectivity index (χ2n) is 6.54. The van der Waals surface area contributed by atoms with Gasteiger partial charge in [0.15, 0.2) is 0 Å². The van der Waals surface area contributed by atoms with Crippen molar-refractivity contribution in [3.8, 4) is 33.0 Å². The summed E-state index contributed by atoms with van der Waals surface area (Å²) in [5, 5.41) is 13.5. The maximum Gasteiger partial charge on any atom is 0.336 e. The number of halogens is 2. The van der Waals surface area contributed by atoms with Crippen LogP contribution in [0.5, 0.6) is 0 Å². The van der Waals surface area contributed by atoms with Crippen molar-refractivity contribution >= 4 is 40.5 Å². The van der Waals surface area contributed by atoms with Gasteiger partial charge >= 0.3 is 5.97 Å². The highest BCUT2D eigenvalue weighted by Gasteiger charge is 2.17. The highest BCUT2D eigenvalue weighted by atomic mass is 35.5. The Morgan fingerprint density at radius 3 is 2.52 bits per heavy atom. The summed E-state index contributed by atoms with van der Waals surface area (Å²) < 4.78 is 0. The van der Waals surface area contributed by atoms with Gasteiger partial charge in [0.25, 0.3) is 0 Å². The SMILES string of the molecule is Cc1ccccc1-c1ccc(-c2nc(-c3cc(Cl)ccc3Cl)cs2)cc1C(=O)O. The molecule has 3 aromatic carbocycles. The number of nitrogens with zero attached hydrogens (tertiary/aromatic N) is 1. The topological polar surface area (TPSA) is 50.2 Å². The number of carboxylic acid groups (broad SMARTS) is 1. The first kappa shape index (κ1) is 19.6. The van der Waals surface area contributed by atoms with Gasteiger partial charge in [-0.25, -0.2) is 9.78 Å². The standard InChI is InChI=1S/C23H15Cl2NO2S/c1-13-4-2-3-5-16(13)17-8-6-14(10-18(17)23(27)28)22-26-21(12-29-22)19-11-15(24)7-9-20(19)25/h2-12H,1H3,(H,27,28). The maximum atomic E-state index is 11.9. The van der Waals surface area contributed by atoms with Gasteiger partial charge in [0.1, 0.15) is 5.01 Å². The van der Waals surface area contributed by atoms with Gasteiger partial charge in [-0.15, -0.1) is 11.3 Å². The van der Waals surface area contributed by atoms with Crippen LogP contribution < -0.4 is 0 Å². The van der Waals surface area contributed by atoms with Gasteiger partial charge < -0.3 is 5.11 Å². The van der Waals surface area contributed by atoms with E-state index in [1.54, 1.807) is 24.3 Å². The van der Waals surface area contributed by atoms with Crippen molar-refractivity contribution in [2.75, 3.05) is 0 Å². The van der Waals surface area contributed by atoms with E-state index < -0.39 is 5.97 Å². The molecule has 0 amide bonds. The zero-order valence-electron chi connectivity index (χ0n) is 15.3. The summed E-state index contributed by atoms with van der Waals surface area (Å²) in [6.45, 7) is 1.97. The molecule has 0 saturated heterocycles. The van der Waals surface area contributed by atoms with Gasteiger partial charge in [-0.3, -0.25) is 0 Å². The van der Waals surface area contributed by atoms with E-state index in [0.29, 0.717) is 21.3 Å². The molecule has 0 aliphatic heterocycles. The number of rotatable bonds is 4. The van der Waals surface area contributed by atoms with Gasteiger partial charge in [0, 0.05) is 21.5 Å². The van der Waals surface area contributed by atoms with Crippen molar-refractivity contribution in [1.82, 2.24) is 4.98 Å². The van der Waals surface area contributed by atoms with Crippen molar-refractivity contribution in [3.05, 3.63) is 87.2 Å². The first-order chi connectivity index (χ1) is 13.9. The van der Waals surface area contributed by atoms with E-state index in [1.807, 2.05) is 48.7 Å². The monoisotopic (exact) mass is 439 g/mol. The summed E-state index contributed by atoms with van der Waals surface area (Å²) in [6, 6.07) is 18.4. The van der Waals surface area contributed by atoms with E-state index in [0.717, 1.165) is 27.3 Å². The number of hydrogen-bond acceptors (Lipinski definition) is 3. The summed E-state index contributed by atoms with van der Waals surface area (Å²) >= 11 is 13.8. The Morgan fingerprint density at radius 1 is 0.966 bits per heavy atom. The van der Waals surface area contributed by atoms with Gasteiger partial charge in [0.2, 0.25) is 0 Å². The van der Waals surface area contributed by atoms with Gasteiger partial charge in [0.05, 0.1) is 16.3 Å². The van der Waals surface area contributed by atoms with Crippen LogP contribution in [-0.2, 0) is 0 Å². The number of carboxylic acids is 1. The summed E-state index contributed by atoms with van der Waals surface area (Å²) in [4.78, 5) is 16.6. The van der Waals surface area contributed by atoms with Crippen molar-refractivity contribution in [3.63, 3.8) is 0 Å². The third-order valence-corrected chi connectivity index (χ3v) is 6.10. The Kier molecular flexibility index (Phi) is 5.41. The smallest absolute Gasteiger partial charge is 0.336 e. The van der Waals surface area contributed by atoms with Gasteiger partial charge in [-0.2, -0.15) is 0 Å². The molecule has 0 aliphatic rings. The molecular weight excluding hydrogens is 425 g/mol. The largest absolute Gasteiger partial charge is 0.478 e. The lowest BCUT2D eigenvalue weighted by Gasteiger charge is -2.10. The Hall–Kier alpha value is -2.66. The number of carbonyl (C=O) groups is 1. The van der Waals surface area contributed by atoms with Crippen LogP contribution >= 0.6 is 34.5 Å². The molecule has 0 unspecified atom stereocenters. The fourth-order valence-electron chi connectivity index (χ4n) is 3.19. The van der Waals surface area contributed by atoms with E-state index in [2.05, 4.69) is 4.98 Å². The number of hydrogen-bond donors (Lipinski definition) is 1. The Bertz CT molecular complexity index is 1230.